The molecule has 8 heteroatoms. The molecular formula is C19H14ClN5OS. The molecule has 2 aromatic carbocycles. The minimum Gasteiger partial charge on any atom is -0.300 e. The molecule has 0 saturated heterocycles. The quantitative estimate of drug-likeness (QED) is 0.545. The van der Waals surface area contributed by atoms with Gasteiger partial charge in [0, 0.05) is 21.5 Å². The number of nitrogens with zero attached hydrogens (tertiary/aromatic N) is 4. The van der Waals surface area contributed by atoms with Crippen molar-refractivity contribution in [2.24, 2.45) is 0 Å². The summed E-state index contributed by atoms with van der Waals surface area (Å²) in [4.78, 5) is 16.7. The van der Waals surface area contributed by atoms with Gasteiger partial charge in [-0.15, -0.1) is 16.4 Å². The van der Waals surface area contributed by atoms with Gasteiger partial charge in [0.2, 0.25) is 5.91 Å². The van der Waals surface area contributed by atoms with Crippen molar-refractivity contribution in [2.45, 2.75) is 6.54 Å². The Morgan fingerprint density at radius 1 is 1.04 bits per heavy atom. The fourth-order valence-electron chi connectivity index (χ4n) is 2.51. The first-order chi connectivity index (χ1) is 13.2. The Labute approximate surface area is 164 Å². The van der Waals surface area contributed by atoms with E-state index in [1.165, 1.54) is 16.0 Å². The molecule has 4 aromatic rings. The van der Waals surface area contributed by atoms with E-state index in [4.69, 9.17) is 11.6 Å². The highest BCUT2D eigenvalue weighted by Gasteiger charge is 2.11. The number of anilines is 1. The molecule has 0 unspecified atom stereocenters. The van der Waals surface area contributed by atoms with Crippen LogP contribution in [-0.4, -0.2) is 25.9 Å². The molecular weight excluding hydrogens is 382 g/mol. The molecule has 134 valence electrons. The molecule has 0 saturated carbocycles. The minimum atomic E-state index is -0.212. The van der Waals surface area contributed by atoms with Crippen LogP contribution in [0.5, 0.6) is 0 Å². The predicted molar refractivity (Wildman–Crippen MR) is 107 cm³/mol. The molecule has 0 aliphatic carbocycles. The Morgan fingerprint density at radius 3 is 2.56 bits per heavy atom. The molecule has 1 amide bonds. The van der Waals surface area contributed by atoms with Gasteiger partial charge in [0.25, 0.3) is 0 Å². The summed E-state index contributed by atoms with van der Waals surface area (Å²) in [5.41, 5.74) is 3.42. The van der Waals surface area contributed by atoms with Crippen LogP contribution in [0.4, 0.5) is 5.13 Å². The molecule has 27 heavy (non-hydrogen) atoms. The van der Waals surface area contributed by atoms with Crippen LogP contribution in [0.3, 0.4) is 0 Å². The Hall–Kier alpha value is -3.03. The van der Waals surface area contributed by atoms with Gasteiger partial charge in [0.05, 0.1) is 11.9 Å². The van der Waals surface area contributed by atoms with E-state index in [1.807, 2.05) is 60.0 Å². The standard InChI is InChI=1S/C19H14ClN5OS/c20-15-8-6-14(7-9-15)17-12-27-19(21-17)22-18(26)11-25-10-16(23-24-25)13-4-2-1-3-5-13/h1-10,12H,11H2,(H,21,22,26). The van der Waals surface area contributed by atoms with Crippen molar-refractivity contribution in [1.82, 2.24) is 20.0 Å². The SMILES string of the molecule is O=C(Cn1cc(-c2ccccc2)nn1)Nc1nc(-c2ccc(Cl)cc2)cs1. The van der Waals surface area contributed by atoms with E-state index in [2.05, 4.69) is 20.6 Å². The van der Waals surface area contributed by atoms with Crippen LogP contribution >= 0.6 is 22.9 Å². The topological polar surface area (TPSA) is 72.7 Å². The van der Waals surface area contributed by atoms with Crippen molar-refractivity contribution in [3.63, 3.8) is 0 Å². The summed E-state index contributed by atoms with van der Waals surface area (Å²) in [7, 11) is 0. The molecule has 0 radical (unpaired) electrons. The lowest BCUT2D eigenvalue weighted by atomic mass is 10.2. The van der Waals surface area contributed by atoms with Gasteiger partial charge in [-0.2, -0.15) is 0 Å². The van der Waals surface area contributed by atoms with Crippen molar-refractivity contribution < 1.29 is 4.79 Å². The zero-order valence-corrected chi connectivity index (χ0v) is 15.6. The van der Waals surface area contributed by atoms with E-state index >= 15 is 0 Å². The maximum Gasteiger partial charge on any atom is 0.247 e. The van der Waals surface area contributed by atoms with Gasteiger partial charge in [-0.25, -0.2) is 9.67 Å². The van der Waals surface area contributed by atoms with E-state index in [1.54, 1.807) is 6.20 Å². The highest BCUT2D eigenvalue weighted by Crippen LogP contribution is 2.26. The summed E-state index contributed by atoms with van der Waals surface area (Å²) in [6.07, 6.45) is 1.75. The lowest BCUT2D eigenvalue weighted by Crippen LogP contribution is -2.19. The highest BCUT2D eigenvalue weighted by atomic mass is 35.5. The van der Waals surface area contributed by atoms with Gasteiger partial charge in [0.1, 0.15) is 12.2 Å². The predicted octanol–water partition coefficient (Wildman–Crippen LogP) is 4.36. The number of nitrogens with one attached hydrogen (secondary N) is 1. The van der Waals surface area contributed by atoms with Crippen LogP contribution in [0, 0.1) is 0 Å². The van der Waals surface area contributed by atoms with Gasteiger partial charge in [-0.05, 0) is 12.1 Å². The van der Waals surface area contributed by atoms with E-state index < -0.39 is 0 Å². The van der Waals surface area contributed by atoms with E-state index in [0.29, 0.717) is 10.2 Å². The maximum atomic E-state index is 12.3. The van der Waals surface area contributed by atoms with Gasteiger partial charge in [-0.3, -0.25) is 4.79 Å². The van der Waals surface area contributed by atoms with Crippen LogP contribution in [0.25, 0.3) is 22.5 Å². The summed E-state index contributed by atoms with van der Waals surface area (Å²) in [6.45, 7) is 0.0652. The molecule has 1 N–H and O–H groups in total. The molecule has 0 atom stereocenters. The zero-order valence-electron chi connectivity index (χ0n) is 14.0. The van der Waals surface area contributed by atoms with Crippen molar-refractivity contribution in [3.8, 4) is 22.5 Å². The maximum absolute atomic E-state index is 12.3. The third-order valence-electron chi connectivity index (χ3n) is 3.80. The zero-order chi connectivity index (χ0) is 18.6. The molecule has 2 heterocycles. The van der Waals surface area contributed by atoms with Crippen molar-refractivity contribution in [3.05, 3.63) is 71.2 Å². The van der Waals surface area contributed by atoms with Gasteiger partial charge >= 0.3 is 0 Å². The average molecular weight is 396 g/mol. The van der Waals surface area contributed by atoms with Crippen LogP contribution in [0.2, 0.25) is 5.02 Å². The summed E-state index contributed by atoms with van der Waals surface area (Å²) in [5.74, 6) is -0.212. The first-order valence-electron chi connectivity index (χ1n) is 8.14. The second-order valence-electron chi connectivity index (χ2n) is 5.76. The number of hydrogen-bond donors (Lipinski definition) is 1. The van der Waals surface area contributed by atoms with Crippen molar-refractivity contribution in [2.75, 3.05) is 5.32 Å². The molecule has 0 aliphatic heterocycles. The van der Waals surface area contributed by atoms with E-state index in [9.17, 15) is 4.79 Å². The molecule has 0 bridgehead atoms. The first kappa shape index (κ1) is 17.4. The fourth-order valence-corrected chi connectivity index (χ4v) is 3.37. The van der Waals surface area contributed by atoms with Gasteiger partial charge < -0.3 is 5.32 Å². The largest absolute Gasteiger partial charge is 0.300 e. The van der Waals surface area contributed by atoms with Crippen LogP contribution in [-0.2, 0) is 11.3 Å². The number of hydrogen-bond acceptors (Lipinski definition) is 5. The lowest BCUT2D eigenvalue weighted by Gasteiger charge is -2.01. The lowest BCUT2D eigenvalue weighted by molar-refractivity contribution is -0.116. The number of amides is 1. The van der Waals surface area contributed by atoms with Crippen LogP contribution in [0.15, 0.2) is 66.2 Å². The summed E-state index contributed by atoms with van der Waals surface area (Å²) in [6, 6.07) is 17.1. The third-order valence-corrected chi connectivity index (χ3v) is 4.81. The van der Waals surface area contributed by atoms with Crippen LogP contribution in [0.1, 0.15) is 0 Å². The van der Waals surface area contributed by atoms with Crippen molar-refractivity contribution in [1.29, 1.82) is 0 Å². The van der Waals surface area contributed by atoms with E-state index in [0.717, 1.165) is 22.5 Å². The number of carbonyl (C=O) groups excluding carboxylic acids is 1. The van der Waals surface area contributed by atoms with Gasteiger partial charge in [0.15, 0.2) is 5.13 Å². The molecule has 0 fully saturated rings. The summed E-state index contributed by atoms with van der Waals surface area (Å²) < 4.78 is 1.51. The number of thiazole rings is 1. The summed E-state index contributed by atoms with van der Waals surface area (Å²) >= 11 is 7.27. The van der Waals surface area contributed by atoms with Gasteiger partial charge in [-0.1, -0.05) is 59.3 Å². The molecule has 0 spiro atoms. The Morgan fingerprint density at radius 2 is 1.78 bits per heavy atom. The molecule has 6 nitrogen and oxygen atoms in total. The monoisotopic (exact) mass is 395 g/mol. The smallest absolute Gasteiger partial charge is 0.247 e. The molecule has 4 rings (SSSR count). The number of aromatic nitrogens is 4. The number of rotatable bonds is 5. The third kappa shape index (κ3) is 4.21. The normalized spacial score (nSPS) is 10.7. The Kier molecular flexibility index (Phi) is 4.95. The van der Waals surface area contributed by atoms with E-state index in [-0.39, 0.29) is 12.5 Å². The fraction of sp³-hybridized carbons (Fsp3) is 0.0526. The molecule has 0 aliphatic rings. The number of carbonyl (C=O) groups is 1. The number of benzene rings is 2. The van der Waals surface area contributed by atoms with Crippen LogP contribution < -0.4 is 5.32 Å². The second kappa shape index (κ2) is 7.69. The minimum absolute atomic E-state index is 0.0652. The Bertz CT molecular complexity index is 1060. The van der Waals surface area contributed by atoms with Crippen molar-refractivity contribution >= 4 is 34.0 Å². The second-order valence-corrected chi connectivity index (χ2v) is 7.05. The highest BCUT2D eigenvalue weighted by molar-refractivity contribution is 7.14. The average Bonchev–Trinajstić information content (AvgIpc) is 3.33. The first-order valence-corrected chi connectivity index (χ1v) is 9.40. The Balaban J connectivity index is 1.40. The number of halogens is 1. The molecule has 2 aromatic heterocycles. The summed E-state index contributed by atoms with van der Waals surface area (Å²) in [5, 5.41) is 14.0.